The molecule has 0 rings (SSSR count). The third-order valence-electron chi connectivity index (χ3n) is 0. The van der Waals surface area contributed by atoms with E-state index in [2.05, 4.69) is 0 Å². The van der Waals surface area contributed by atoms with Gasteiger partial charge in [-0.05, 0) is 0 Å². The normalized spacial score (nSPS) is 0. The van der Waals surface area contributed by atoms with E-state index in [4.69, 9.17) is 0 Å². The van der Waals surface area contributed by atoms with Crippen molar-refractivity contribution in [2.75, 3.05) is 0 Å². The quantitative estimate of drug-likeness (QED) is 0.500. The Kier molecular flexibility index (Phi) is 124. The van der Waals surface area contributed by atoms with E-state index in [1.54, 1.807) is 0 Å². The van der Waals surface area contributed by atoms with Crippen molar-refractivity contribution in [3.8, 4) is 0 Å². The summed E-state index contributed by atoms with van der Waals surface area (Å²) in [7, 11) is 0. The Bertz CT molecular complexity index is 8.00. The van der Waals surface area contributed by atoms with Crippen LogP contribution in [0.25, 0.3) is 0 Å². The Morgan fingerprint density at radius 3 is 1.00 bits per heavy atom. The molecule has 0 bridgehead atoms. The SMILES string of the molecule is O.[Ca].[Hf].[Ti]. The molecule has 4 heavy (non-hydrogen) atoms. The fraction of sp³-hybridized carbons (Fsp3) is 0. The first kappa shape index (κ1) is 29.2. The summed E-state index contributed by atoms with van der Waals surface area (Å²) in [5, 5.41) is 0. The number of hydrogen-bond acceptors (Lipinski definition) is 0. The van der Waals surface area contributed by atoms with Gasteiger partial charge in [-0.3, -0.25) is 0 Å². The van der Waals surface area contributed by atoms with Crippen LogP contribution >= 0.6 is 0 Å². The third-order valence-corrected chi connectivity index (χ3v) is 0. The van der Waals surface area contributed by atoms with Crippen molar-refractivity contribution in [2.45, 2.75) is 0 Å². The molecule has 1 nitrogen and oxygen atoms in total. The molecule has 2 radical (unpaired) electrons. The zero-order valence-corrected chi connectivity index (χ0v) is 9.57. The van der Waals surface area contributed by atoms with Crippen LogP contribution in [0.5, 0.6) is 0 Å². The predicted molar refractivity (Wildman–Crippen MR) is 9.37 cm³/mol. The van der Waals surface area contributed by atoms with Gasteiger partial charge in [-0.15, -0.1) is 0 Å². The van der Waals surface area contributed by atoms with E-state index in [1.807, 2.05) is 0 Å². The Labute approximate surface area is 88.9 Å². The first-order valence-electron chi connectivity index (χ1n) is 0. The topological polar surface area (TPSA) is 31.5 Å². The summed E-state index contributed by atoms with van der Waals surface area (Å²) in [4.78, 5) is 0. The maximum Gasteiger partial charge on any atom is 0 e. The maximum atomic E-state index is 0. The Morgan fingerprint density at radius 2 is 1.00 bits per heavy atom. The minimum atomic E-state index is 0. The summed E-state index contributed by atoms with van der Waals surface area (Å²) >= 11 is 0. The van der Waals surface area contributed by atoms with Crippen LogP contribution in [0.3, 0.4) is 0 Å². The van der Waals surface area contributed by atoms with Gasteiger partial charge in [0.25, 0.3) is 0 Å². The second-order valence-corrected chi connectivity index (χ2v) is 0. The van der Waals surface area contributed by atoms with Gasteiger partial charge in [-0.25, -0.2) is 0 Å². The van der Waals surface area contributed by atoms with Gasteiger partial charge in [-0.1, -0.05) is 0 Å². The molecule has 0 atom stereocenters. The molecule has 0 aromatic heterocycles. The predicted octanol–water partition coefficient (Wildman–Crippen LogP) is -1.21. The molecule has 4 heteroatoms. The van der Waals surface area contributed by atoms with E-state index in [-0.39, 0.29) is 90.8 Å². The van der Waals surface area contributed by atoms with Crippen molar-refractivity contribution in [3.05, 3.63) is 0 Å². The Balaban J connectivity index is 0. The molecule has 0 aliphatic carbocycles. The van der Waals surface area contributed by atoms with Crippen molar-refractivity contribution in [2.24, 2.45) is 0 Å². The van der Waals surface area contributed by atoms with Gasteiger partial charge in [-0.2, -0.15) is 0 Å². The van der Waals surface area contributed by atoms with Gasteiger partial charge in [0.1, 0.15) is 0 Å². The molecular formula is H2CaHfOTi. The summed E-state index contributed by atoms with van der Waals surface area (Å²) in [5.74, 6) is 0. The summed E-state index contributed by atoms with van der Waals surface area (Å²) in [6.07, 6.45) is 0. The number of rotatable bonds is 0. The van der Waals surface area contributed by atoms with E-state index in [9.17, 15) is 0 Å². The van der Waals surface area contributed by atoms with E-state index < -0.39 is 0 Å². The fourth-order valence-corrected chi connectivity index (χ4v) is 0. The van der Waals surface area contributed by atoms with E-state index >= 15 is 0 Å². The van der Waals surface area contributed by atoms with Gasteiger partial charge >= 0.3 is 0 Å². The van der Waals surface area contributed by atoms with Gasteiger partial charge in [0.15, 0.2) is 0 Å². The van der Waals surface area contributed by atoms with Crippen LogP contribution in [0.15, 0.2) is 0 Å². The van der Waals surface area contributed by atoms with Crippen LogP contribution < -0.4 is 0 Å². The van der Waals surface area contributed by atoms with Crippen molar-refractivity contribution in [1.29, 1.82) is 0 Å². The van der Waals surface area contributed by atoms with Crippen molar-refractivity contribution < 1.29 is 53.0 Å². The Hall–Kier alpha value is 2.80. The van der Waals surface area contributed by atoms with Crippen molar-refractivity contribution >= 4 is 37.7 Å². The van der Waals surface area contributed by atoms with Crippen LogP contribution in [0, 0.1) is 0 Å². The summed E-state index contributed by atoms with van der Waals surface area (Å²) in [6, 6.07) is 0. The zero-order chi connectivity index (χ0) is 0. The first-order valence-corrected chi connectivity index (χ1v) is 0. The monoisotopic (exact) mass is 286 g/mol. The van der Waals surface area contributed by atoms with Gasteiger partial charge in [0.2, 0.25) is 0 Å². The molecule has 0 spiro atoms. The molecule has 0 saturated heterocycles. The van der Waals surface area contributed by atoms with E-state index in [1.165, 1.54) is 0 Å². The second kappa shape index (κ2) is 17.0. The fourth-order valence-electron chi connectivity index (χ4n) is 0. The van der Waals surface area contributed by atoms with Crippen LogP contribution in [-0.4, -0.2) is 43.2 Å². The standard InChI is InChI=1S/Ca.Hf.H2O.Ti/h;;1H2;. The molecule has 0 aromatic carbocycles. The average Bonchev–Trinajstić information content (AvgIpc) is 0. The van der Waals surface area contributed by atoms with Gasteiger partial charge < -0.3 is 5.48 Å². The number of hydrogen-bond donors (Lipinski definition) is 0. The molecule has 0 aromatic rings. The Morgan fingerprint density at radius 1 is 1.00 bits per heavy atom. The molecule has 0 unspecified atom stereocenters. The minimum Gasteiger partial charge on any atom is -0.412 e. The largest absolute Gasteiger partial charge is 0.412 e. The summed E-state index contributed by atoms with van der Waals surface area (Å²) in [6.45, 7) is 0. The van der Waals surface area contributed by atoms with Crippen molar-refractivity contribution in [1.82, 2.24) is 0 Å². The molecule has 0 amide bonds. The molecule has 0 saturated carbocycles. The zero-order valence-electron chi connectivity index (χ0n) is 2.21. The van der Waals surface area contributed by atoms with Crippen LogP contribution in [-0.2, 0) is 47.6 Å². The first-order chi connectivity index (χ1) is 0. The van der Waals surface area contributed by atoms with E-state index in [0.717, 1.165) is 0 Å². The van der Waals surface area contributed by atoms with Crippen molar-refractivity contribution in [3.63, 3.8) is 0 Å². The smallest absolute Gasteiger partial charge is 0 e. The van der Waals surface area contributed by atoms with Crippen LogP contribution in [0.1, 0.15) is 0 Å². The van der Waals surface area contributed by atoms with E-state index in [0.29, 0.717) is 0 Å². The molecule has 0 fully saturated rings. The average molecular weight is 284 g/mol. The summed E-state index contributed by atoms with van der Waals surface area (Å²) in [5.41, 5.74) is 0. The minimum absolute atomic E-state index is 0. The molecule has 0 aliphatic rings. The second-order valence-electron chi connectivity index (χ2n) is 0. The van der Waals surface area contributed by atoms with Crippen LogP contribution in [0.4, 0.5) is 0 Å². The summed E-state index contributed by atoms with van der Waals surface area (Å²) < 4.78 is 0. The molecular weight excluding hydrogens is 282 g/mol. The third kappa shape index (κ3) is 8.84. The molecule has 2 N–H and O–H groups in total. The molecule has 18 valence electrons. The van der Waals surface area contributed by atoms with Gasteiger partial charge in [0.05, 0.1) is 0 Å². The van der Waals surface area contributed by atoms with Gasteiger partial charge in [0, 0.05) is 85.3 Å². The van der Waals surface area contributed by atoms with Crippen LogP contribution in [0.2, 0.25) is 0 Å². The maximum absolute atomic E-state index is 0. The molecule has 0 heterocycles. The molecule has 0 aliphatic heterocycles.